The number of ether oxygens (including phenoxy) is 1. The molecule has 0 aromatic carbocycles. The van der Waals surface area contributed by atoms with Crippen molar-refractivity contribution in [2.45, 2.75) is 13.8 Å². The monoisotopic (exact) mass is 272 g/mol. The number of anilines is 2. The lowest BCUT2D eigenvalue weighted by atomic mass is 10.2. The van der Waals surface area contributed by atoms with Crippen molar-refractivity contribution in [1.82, 2.24) is 9.27 Å². The molecule has 104 valence electrons. The number of methoxy groups -OCH3 is 1. The minimum absolute atomic E-state index is 0.483. The van der Waals surface area contributed by atoms with Crippen molar-refractivity contribution >= 4 is 22.4 Å². The maximum Gasteiger partial charge on any atom is 0.197 e. The fraction of sp³-hybridized carbons (Fsp3) is 0.750. The van der Waals surface area contributed by atoms with Crippen molar-refractivity contribution < 1.29 is 4.74 Å². The smallest absolute Gasteiger partial charge is 0.197 e. The molecule has 18 heavy (non-hydrogen) atoms. The van der Waals surface area contributed by atoms with Gasteiger partial charge in [-0.05, 0) is 31.5 Å². The first-order chi connectivity index (χ1) is 8.45. The number of nitrogens with zero attached hydrogens (tertiary/aromatic N) is 3. The van der Waals surface area contributed by atoms with Gasteiger partial charge in [-0.15, -0.1) is 0 Å². The second-order valence-corrected chi connectivity index (χ2v) is 5.80. The van der Waals surface area contributed by atoms with Gasteiger partial charge < -0.3 is 20.3 Å². The molecule has 1 aromatic heterocycles. The summed E-state index contributed by atoms with van der Waals surface area (Å²) in [5, 5.41) is 1.03. The summed E-state index contributed by atoms with van der Waals surface area (Å²) in [6, 6.07) is 0. The number of nitrogen functional groups attached to an aromatic ring is 1. The molecule has 0 atom stereocenters. The van der Waals surface area contributed by atoms with E-state index < -0.39 is 0 Å². The first-order valence-corrected chi connectivity index (χ1v) is 6.91. The molecule has 0 saturated carbocycles. The molecule has 0 aliphatic heterocycles. The highest BCUT2D eigenvalue weighted by Gasteiger charge is 2.19. The van der Waals surface area contributed by atoms with Crippen LogP contribution in [0.5, 0.6) is 5.75 Å². The second kappa shape index (κ2) is 6.80. The van der Waals surface area contributed by atoms with E-state index in [0.717, 1.165) is 24.6 Å². The van der Waals surface area contributed by atoms with Crippen LogP contribution in [0.25, 0.3) is 0 Å². The lowest BCUT2D eigenvalue weighted by Crippen LogP contribution is -2.34. The van der Waals surface area contributed by atoms with Crippen molar-refractivity contribution in [3.05, 3.63) is 0 Å². The predicted molar refractivity (Wildman–Crippen MR) is 78.7 cm³/mol. The molecule has 0 amide bonds. The molecule has 1 rings (SSSR count). The van der Waals surface area contributed by atoms with Gasteiger partial charge in [-0.25, -0.2) is 0 Å². The van der Waals surface area contributed by atoms with Gasteiger partial charge in [-0.3, -0.25) is 0 Å². The van der Waals surface area contributed by atoms with Gasteiger partial charge in [0, 0.05) is 19.6 Å². The Bertz CT molecular complexity index is 365. The summed E-state index contributed by atoms with van der Waals surface area (Å²) in [5.74, 6) is 1.77. The van der Waals surface area contributed by atoms with Crippen molar-refractivity contribution in [3.8, 4) is 5.75 Å². The summed E-state index contributed by atoms with van der Waals surface area (Å²) >= 11 is 1.41. The van der Waals surface area contributed by atoms with Crippen molar-refractivity contribution in [1.29, 1.82) is 0 Å². The number of hydrogen-bond donors (Lipinski definition) is 1. The van der Waals surface area contributed by atoms with Crippen LogP contribution in [-0.4, -0.2) is 50.1 Å². The van der Waals surface area contributed by atoms with E-state index in [-0.39, 0.29) is 0 Å². The Morgan fingerprint density at radius 3 is 2.50 bits per heavy atom. The van der Waals surface area contributed by atoms with Crippen LogP contribution in [0.2, 0.25) is 0 Å². The molecule has 0 aliphatic rings. The normalized spacial score (nSPS) is 11.3. The van der Waals surface area contributed by atoms with E-state index in [1.807, 2.05) is 0 Å². The summed E-state index contributed by atoms with van der Waals surface area (Å²) in [4.78, 5) is 4.47. The maximum absolute atomic E-state index is 5.81. The number of hydrogen-bond acceptors (Lipinski definition) is 6. The van der Waals surface area contributed by atoms with Gasteiger partial charge >= 0.3 is 0 Å². The third kappa shape index (κ3) is 4.03. The number of nitrogens with two attached hydrogens (primary N) is 1. The molecule has 6 heteroatoms. The molecule has 1 aromatic rings. The molecule has 2 N–H and O–H groups in total. The maximum atomic E-state index is 5.81. The highest BCUT2D eigenvalue weighted by Crippen LogP contribution is 2.38. The highest BCUT2D eigenvalue weighted by atomic mass is 32.1. The fourth-order valence-electron chi connectivity index (χ4n) is 1.72. The Balaban J connectivity index is 2.86. The van der Waals surface area contributed by atoms with E-state index in [4.69, 9.17) is 10.5 Å². The van der Waals surface area contributed by atoms with Gasteiger partial charge in [0.2, 0.25) is 0 Å². The average molecular weight is 272 g/mol. The van der Waals surface area contributed by atoms with Crippen molar-refractivity contribution in [2.75, 3.05) is 51.5 Å². The zero-order valence-corrected chi connectivity index (χ0v) is 12.8. The Morgan fingerprint density at radius 2 is 2.00 bits per heavy atom. The zero-order valence-electron chi connectivity index (χ0n) is 11.9. The number of likely N-dealkylation sites (N-methyl/N-ethyl adjacent to an activating group) is 1. The Hall–Kier alpha value is -1.01. The quantitative estimate of drug-likeness (QED) is 0.819. The zero-order chi connectivity index (χ0) is 13.7. The summed E-state index contributed by atoms with van der Waals surface area (Å²) in [7, 11) is 5.79. The van der Waals surface area contributed by atoms with Crippen LogP contribution in [0.3, 0.4) is 0 Å². The highest BCUT2D eigenvalue weighted by molar-refractivity contribution is 7.11. The largest absolute Gasteiger partial charge is 0.490 e. The van der Waals surface area contributed by atoms with E-state index in [2.05, 4.69) is 42.1 Å². The first kappa shape index (κ1) is 15.0. The molecule has 0 unspecified atom stereocenters. The topological polar surface area (TPSA) is 54.6 Å². The molecule has 0 aliphatic carbocycles. The molecule has 0 fully saturated rings. The molecule has 0 saturated heterocycles. The van der Waals surface area contributed by atoms with Crippen LogP contribution in [0, 0.1) is 5.92 Å². The minimum atomic E-state index is 0.483. The summed E-state index contributed by atoms with van der Waals surface area (Å²) in [6.07, 6.45) is 0. The van der Waals surface area contributed by atoms with Gasteiger partial charge in [0.1, 0.15) is 0 Å². The summed E-state index contributed by atoms with van der Waals surface area (Å²) in [6.45, 7) is 7.34. The van der Waals surface area contributed by atoms with Crippen LogP contribution >= 0.6 is 11.5 Å². The molecular formula is C12H24N4OS. The Labute approximate surface area is 114 Å². The number of aromatic nitrogens is 1. The van der Waals surface area contributed by atoms with E-state index in [9.17, 15) is 0 Å². The van der Waals surface area contributed by atoms with Gasteiger partial charge in [-0.1, -0.05) is 13.8 Å². The Kier molecular flexibility index (Phi) is 5.68. The third-order valence-corrected chi connectivity index (χ3v) is 3.46. The molecule has 5 nitrogen and oxygen atoms in total. The van der Waals surface area contributed by atoms with Crippen LogP contribution in [0.15, 0.2) is 0 Å². The van der Waals surface area contributed by atoms with Crippen molar-refractivity contribution in [2.24, 2.45) is 5.92 Å². The minimum Gasteiger partial charge on any atom is -0.490 e. The molecule has 0 bridgehead atoms. The first-order valence-electron chi connectivity index (χ1n) is 6.14. The van der Waals surface area contributed by atoms with Gasteiger partial charge in [0.05, 0.1) is 7.11 Å². The lowest BCUT2D eigenvalue weighted by Gasteiger charge is -2.26. The SMILES string of the molecule is COc1c(N)nsc1N(CCN(C)C)CC(C)C. The van der Waals surface area contributed by atoms with Crippen molar-refractivity contribution in [3.63, 3.8) is 0 Å². The molecule has 0 radical (unpaired) electrons. The summed E-state index contributed by atoms with van der Waals surface area (Å²) < 4.78 is 9.53. The van der Waals surface area contributed by atoms with E-state index in [0.29, 0.717) is 17.5 Å². The average Bonchev–Trinajstić information content (AvgIpc) is 2.64. The van der Waals surface area contributed by atoms with Crippen LogP contribution in [-0.2, 0) is 0 Å². The van der Waals surface area contributed by atoms with Gasteiger partial charge in [0.15, 0.2) is 16.6 Å². The van der Waals surface area contributed by atoms with Crippen LogP contribution in [0.4, 0.5) is 10.8 Å². The fourth-order valence-corrected chi connectivity index (χ4v) is 2.54. The lowest BCUT2D eigenvalue weighted by molar-refractivity contribution is 0.401. The summed E-state index contributed by atoms with van der Waals surface area (Å²) in [5.41, 5.74) is 5.81. The molecular weight excluding hydrogens is 248 g/mol. The standard InChI is InChI=1S/C12H24N4OS/c1-9(2)8-16(7-6-15(3)4)12-10(17-5)11(13)14-18-12/h9H,6-8H2,1-5H3,(H2,13,14). The number of rotatable bonds is 7. The second-order valence-electron chi connectivity index (χ2n) is 5.05. The van der Waals surface area contributed by atoms with Gasteiger partial charge in [-0.2, -0.15) is 4.37 Å². The van der Waals surface area contributed by atoms with E-state index >= 15 is 0 Å². The molecule has 1 heterocycles. The van der Waals surface area contributed by atoms with E-state index in [1.165, 1.54) is 11.5 Å². The predicted octanol–water partition coefficient (Wildman–Crippen LogP) is 1.76. The van der Waals surface area contributed by atoms with Crippen LogP contribution in [0.1, 0.15) is 13.8 Å². The van der Waals surface area contributed by atoms with Crippen LogP contribution < -0.4 is 15.4 Å². The Morgan fingerprint density at radius 1 is 1.33 bits per heavy atom. The molecule has 0 spiro atoms. The van der Waals surface area contributed by atoms with E-state index in [1.54, 1.807) is 7.11 Å². The third-order valence-electron chi connectivity index (χ3n) is 2.55. The van der Waals surface area contributed by atoms with Gasteiger partial charge in [0.25, 0.3) is 0 Å².